The summed E-state index contributed by atoms with van der Waals surface area (Å²) in [5.41, 5.74) is 0. The van der Waals surface area contributed by atoms with Crippen LogP contribution >= 0.6 is 0 Å². The maximum atomic E-state index is 4.96. The van der Waals surface area contributed by atoms with E-state index in [-0.39, 0.29) is 0 Å². The second-order valence-corrected chi connectivity index (χ2v) is 1.21. The van der Waals surface area contributed by atoms with Crippen LogP contribution < -0.4 is 0 Å². The van der Waals surface area contributed by atoms with Gasteiger partial charge in [0.25, 0.3) is 0 Å². The van der Waals surface area contributed by atoms with Gasteiger partial charge in [-0.1, -0.05) is 5.16 Å². The van der Waals surface area contributed by atoms with E-state index in [0.29, 0.717) is 0 Å². The van der Waals surface area contributed by atoms with Crippen molar-refractivity contribution in [3.8, 4) is 12.3 Å². The Kier molecular flexibility index (Phi) is 5.30. The van der Waals surface area contributed by atoms with Gasteiger partial charge in [-0.2, -0.15) is 0 Å². The molecule has 0 bridgehead atoms. The van der Waals surface area contributed by atoms with Crippen LogP contribution in [-0.2, 0) is 4.84 Å². The molecular formula is C6H9NO. The molecule has 0 aromatic heterocycles. The number of nitrogens with zero attached hydrogens (tertiary/aromatic N) is 1. The Morgan fingerprint density at radius 1 is 1.88 bits per heavy atom. The van der Waals surface area contributed by atoms with E-state index in [1.165, 1.54) is 7.11 Å². The molecule has 0 atom stereocenters. The number of unbranched alkanes of at least 4 members (excludes halogenated alkanes) is 1. The van der Waals surface area contributed by atoms with Crippen molar-refractivity contribution in [3.63, 3.8) is 0 Å². The first kappa shape index (κ1) is 7.03. The highest BCUT2D eigenvalue weighted by Gasteiger charge is 1.72. The highest BCUT2D eigenvalue weighted by Crippen LogP contribution is 1.79. The topological polar surface area (TPSA) is 21.6 Å². The van der Waals surface area contributed by atoms with Crippen molar-refractivity contribution in [1.29, 1.82) is 0 Å². The predicted octanol–water partition coefficient (Wildman–Crippen LogP) is 1.03. The molecule has 0 fully saturated rings. The van der Waals surface area contributed by atoms with Crippen LogP contribution in [0.1, 0.15) is 12.8 Å². The van der Waals surface area contributed by atoms with Crippen LogP contribution in [0.2, 0.25) is 0 Å². The SMILES string of the molecule is C#CCC/C=N/OC. The predicted molar refractivity (Wildman–Crippen MR) is 33.6 cm³/mol. The van der Waals surface area contributed by atoms with Crippen molar-refractivity contribution < 1.29 is 4.84 Å². The van der Waals surface area contributed by atoms with Crippen molar-refractivity contribution in [2.45, 2.75) is 12.8 Å². The zero-order valence-corrected chi connectivity index (χ0v) is 4.92. The first-order valence-electron chi connectivity index (χ1n) is 2.40. The molecule has 0 N–H and O–H groups in total. The highest BCUT2D eigenvalue weighted by molar-refractivity contribution is 5.56. The normalized spacial score (nSPS) is 9.00. The summed E-state index contributed by atoms with van der Waals surface area (Å²) in [4.78, 5) is 4.39. The smallest absolute Gasteiger partial charge is 0.106 e. The van der Waals surface area contributed by atoms with E-state index in [4.69, 9.17) is 6.42 Å². The number of oxime groups is 1. The maximum absolute atomic E-state index is 4.96. The Bertz CT molecular complexity index is 102. The zero-order valence-electron chi connectivity index (χ0n) is 4.92. The molecule has 2 nitrogen and oxygen atoms in total. The molecule has 0 aliphatic heterocycles. The summed E-state index contributed by atoms with van der Waals surface area (Å²) in [6.45, 7) is 0. The van der Waals surface area contributed by atoms with Gasteiger partial charge in [0, 0.05) is 12.6 Å². The highest BCUT2D eigenvalue weighted by atomic mass is 16.6. The minimum Gasteiger partial charge on any atom is -0.399 e. The summed E-state index contributed by atoms with van der Waals surface area (Å²) in [7, 11) is 1.51. The molecule has 0 aliphatic carbocycles. The van der Waals surface area contributed by atoms with Crippen LogP contribution in [0.15, 0.2) is 5.16 Å². The Morgan fingerprint density at radius 3 is 3.12 bits per heavy atom. The molecule has 0 rings (SSSR count). The molecule has 0 saturated carbocycles. The lowest BCUT2D eigenvalue weighted by atomic mass is 10.3. The molecule has 44 valence electrons. The number of hydrogen-bond acceptors (Lipinski definition) is 2. The van der Waals surface area contributed by atoms with Gasteiger partial charge >= 0.3 is 0 Å². The Balaban J connectivity index is 2.94. The molecule has 0 aromatic carbocycles. The van der Waals surface area contributed by atoms with Crippen LogP contribution in [0, 0.1) is 12.3 Å². The van der Waals surface area contributed by atoms with Crippen LogP contribution in [0.3, 0.4) is 0 Å². The lowest BCUT2D eigenvalue weighted by molar-refractivity contribution is 0.214. The standard InChI is InChI=1S/C6H9NO/c1-3-4-5-6-7-8-2/h1,6H,4-5H2,2H3/b7-6+. The van der Waals surface area contributed by atoms with E-state index in [0.717, 1.165) is 12.8 Å². The summed E-state index contributed by atoms with van der Waals surface area (Å²) in [6.07, 6.45) is 8.14. The molecule has 0 spiro atoms. The van der Waals surface area contributed by atoms with Gasteiger partial charge in [0.1, 0.15) is 7.11 Å². The minimum absolute atomic E-state index is 0.729. The lowest BCUT2D eigenvalue weighted by Crippen LogP contribution is -1.74. The fourth-order valence-corrected chi connectivity index (χ4v) is 0.275. The van der Waals surface area contributed by atoms with Gasteiger partial charge in [-0.05, 0) is 6.42 Å². The summed E-state index contributed by atoms with van der Waals surface area (Å²) in [6, 6.07) is 0. The molecule has 0 aromatic rings. The zero-order chi connectivity index (χ0) is 6.24. The molecule has 0 heterocycles. The summed E-state index contributed by atoms with van der Waals surface area (Å²) in [5.74, 6) is 2.48. The van der Waals surface area contributed by atoms with E-state index in [9.17, 15) is 0 Å². The van der Waals surface area contributed by atoms with Gasteiger partial charge in [-0.3, -0.25) is 0 Å². The second-order valence-electron chi connectivity index (χ2n) is 1.21. The van der Waals surface area contributed by atoms with Crippen molar-refractivity contribution in [3.05, 3.63) is 0 Å². The molecule has 8 heavy (non-hydrogen) atoms. The molecule has 0 unspecified atom stereocenters. The number of rotatable bonds is 3. The molecular weight excluding hydrogens is 102 g/mol. The summed E-state index contributed by atoms with van der Waals surface area (Å²) < 4.78 is 0. The van der Waals surface area contributed by atoms with Gasteiger partial charge in [-0.15, -0.1) is 12.3 Å². The molecule has 0 aliphatic rings. The van der Waals surface area contributed by atoms with E-state index in [1.54, 1.807) is 6.21 Å². The monoisotopic (exact) mass is 111 g/mol. The number of terminal acetylenes is 1. The largest absolute Gasteiger partial charge is 0.399 e. The van der Waals surface area contributed by atoms with Crippen molar-refractivity contribution in [2.75, 3.05) is 7.11 Å². The van der Waals surface area contributed by atoms with Crippen LogP contribution in [0.4, 0.5) is 0 Å². The van der Waals surface area contributed by atoms with Gasteiger partial charge < -0.3 is 4.84 Å². The first-order valence-corrected chi connectivity index (χ1v) is 2.40. The summed E-state index contributed by atoms with van der Waals surface area (Å²) in [5, 5.41) is 3.49. The third-order valence-electron chi connectivity index (χ3n) is 0.598. The number of hydrogen-bond donors (Lipinski definition) is 0. The van der Waals surface area contributed by atoms with Gasteiger partial charge in [0.2, 0.25) is 0 Å². The van der Waals surface area contributed by atoms with Crippen LogP contribution in [-0.4, -0.2) is 13.3 Å². The van der Waals surface area contributed by atoms with Crippen molar-refractivity contribution in [1.82, 2.24) is 0 Å². The Hall–Kier alpha value is -0.970. The van der Waals surface area contributed by atoms with E-state index in [2.05, 4.69) is 15.9 Å². The first-order chi connectivity index (χ1) is 3.91. The quantitative estimate of drug-likeness (QED) is 0.231. The van der Waals surface area contributed by atoms with E-state index in [1.807, 2.05) is 0 Å². The van der Waals surface area contributed by atoms with Gasteiger partial charge in [0.15, 0.2) is 0 Å². The third-order valence-corrected chi connectivity index (χ3v) is 0.598. The second kappa shape index (κ2) is 6.03. The van der Waals surface area contributed by atoms with Crippen LogP contribution in [0.5, 0.6) is 0 Å². The fraction of sp³-hybridized carbons (Fsp3) is 0.500. The maximum Gasteiger partial charge on any atom is 0.106 e. The average molecular weight is 111 g/mol. The Morgan fingerprint density at radius 2 is 2.62 bits per heavy atom. The molecule has 0 saturated heterocycles. The van der Waals surface area contributed by atoms with Crippen molar-refractivity contribution in [2.24, 2.45) is 5.16 Å². The fourth-order valence-electron chi connectivity index (χ4n) is 0.275. The van der Waals surface area contributed by atoms with Crippen molar-refractivity contribution >= 4 is 6.21 Å². The van der Waals surface area contributed by atoms with Gasteiger partial charge in [0.05, 0.1) is 0 Å². The Labute approximate surface area is 49.5 Å². The molecule has 0 radical (unpaired) electrons. The molecule has 0 amide bonds. The van der Waals surface area contributed by atoms with E-state index >= 15 is 0 Å². The van der Waals surface area contributed by atoms with Gasteiger partial charge in [-0.25, -0.2) is 0 Å². The van der Waals surface area contributed by atoms with E-state index < -0.39 is 0 Å². The molecule has 2 heteroatoms. The third kappa shape index (κ3) is 5.03. The average Bonchev–Trinajstić information content (AvgIpc) is 1.81. The van der Waals surface area contributed by atoms with Crippen LogP contribution in [0.25, 0.3) is 0 Å². The summed E-state index contributed by atoms with van der Waals surface area (Å²) >= 11 is 0. The minimum atomic E-state index is 0.729. The lowest BCUT2D eigenvalue weighted by Gasteiger charge is -1.82.